The number of imidazole rings is 1. The highest BCUT2D eigenvalue weighted by Crippen LogP contribution is 2.28. The number of hydrogen-bond acceptors (Lipinski definition) is 4. The van der Waals surface area contributed by atoms with Crippen LogP contribution in [-0.4, -0.2) is 39.1 Å². The van der Waals surface area contributed by atoms with E-state index in [0.717, 1.165) is 34.3 Å². The summed E-state index contributed by atoms with van der Waals surface area (Å²) in [6.07, 6.45) is 8.86. The zero-order valence-electron chi connectivity index (χ0n) is 20.1. The lowest BCUT2D eigenvalue weighted by atomic mass is 9.93. The SMILES string of the molecule is C=C(Nc1cc2cc(-c3cnc(C)n3C)ccc2cn1)C1CCN(CCCC(C)C)CC1. The van der Waals surface area contributed by atoms with Gasteiger partial charge in [-0.2, -0.15) is 0 Å². The van der Waals surface area contributed by atoms with E-state index in [1.807, 2.05) is 19.3 Å². The van der Waals surface area contributed by atoms with Crippen molar-refractivity contribution in [2.75, 3.05) is 25.0 Å². The summed E-state index contributed by atoms with van der Waals surface area (Å²) in [5.41, 5.74) is 3.39. The molecule has 1 N–H and O–H groups in total. The number of hydrogen-bond donors (Lipinski definition) is 1. The van der Waals surface area contributed by atoms with Gasteiger partial charge in [0.15, 0.2) is 0 Å². The van der Waals surface area contributed by atoms with Crippen molar-refractivity contribution in [2.24, 2.45) is 18.9 Å². The number of nitrogens with one attached hydrogen (secondary N) is 1. The van der Waals surface area contributed by atoms with Crippen LogP contribution in [0.2, 0.25) is 0 Å². The second-order valence-corrected chi connectivity index (χ2v) is 9.68. The highest BCUT2D eigenvalue weighted by molar-refractivity contribution is 5.88. The molecule has 4 rings (SSSR count). The fraction of sp³-hybridized carbons (Fsp3) is 0.481. The molecule has 0 saturated carbocycles. The van der Waals surface area contributed by atoms with Crippen LogP contribution in [0.15, 0.2) is 48.9 Å². The molecule has 3 aromatic rings. The van der Waals surface area contributed by atoms with Crippen LogP contribution in [0.25, 0.3) is 22.0 Å². The van der Waals surface area contributed by atoms with Gasteiger partial charge in [-0.3, -0.25) is 0 Å². The summed E-state index contributed by atoms with van der Waals surface area (Å²) < 4.78 is 2.12. The van der Waals surface area contributed by atoms with Crippen molar-refractivity contribution < 1.29 is 0 Å². The van der Waals surface area contributed by atoms with Crippen LogP contribution in [0.1, 0.15) is 45.4 Å². The summed E-state index contributed by atoms with van der Waals surface area (Å²) in [4.78, 5) is 11.7. The molecule has 0 unspecified atom stereocenters. The average molecular weight is 432 g/mol. The van der Waals surface area contributed by atoms with Crippen molar-refractivity contribution in [1.29, 1.82) is 0 Å². The molecule has 1 aliphatic heterocycles. The predicted molar refractivity (Wildman–Crippen MR) is 135 cm³/mol. The van der Waals surface area contributed by atoms with E-state index >= 15 is 0 Å². The molecule has 0 radical (unpaired) electrons. The van der Waals surface area contributed by atoms with Crippen LogP contribution in [0, 0.1) is 18.8 Å². The maximum absolute atomic E-state index is 4.64. The van der Waals surface area contributed by atoms with E-state index in [0.29, 0.717) is 5.92 Å². The van der Waals surface area contributed by atoms with Gasteiger partial charge in [-0.1, -0.05) is 32.6 Å². The highest BCUT2D eigenvalue weighted by atomic mass is 15.1. The zero-order valence-corrected chi connectivity index (χ0v) is 20.1. The van der Waals surface area contributed by atoms with Gasteiger partial charge in [-0.25, -0.2) is 9.97 Å². The third-order valence-corrected chi connectivity index (χ3v) is 6.86. The number of aryl methyl sites for hydroxylation is 1. The van der Waals surface area contributed by atoms with Gasteiger partial charge in [0.25, 0.3) is 0 Å². The lowest BCUT2D eigenvalue weighted by molar-refractivity contribution is 0.194. The van der Waals surface area contributed by atoms with Gasteiger partial charge in [0.1, 0.15) is 11.6 Å². The molecule has 2 aromatic heterocycles. The molecule has 5 heteroatoms. The van der Waals surface area contributed by atoms with E-state index in [1.54, 1.807) is 0 Å². The van der Waals surface area contributed by atoms with Crippen LogP contribution in [-0.2, 0) is 7.05 Å². The van der Waals surface area contributed by atoms with E-state index in [9.17, 15) is 0 Å². The number of allylic oxidation sites excluding steroid dienone is 1. The van der Waals surface area contributed by atoms with Crippen molar-refractivity contribution in [2.45, 2.75) is 46.5 Å². The Morgan fingerprint density at radius 1 is 1.12 bits per heavy atom. The quantitative estimate of drug-likeness (QED) is 0.474. The van der Waals surface area contributed by atoms with Crippen molar-refractivity contribution in [3.8, 4) is 11.3 Å². The molecule has 0 amide bonds. The first-order valence-electron chi connectivity index (χ1n) is 12.0. The van der Waals surface area contributed by atoms with Crippen molar-refractivity contribution in [1.82, 2.24) is 19.4 Å². The molecule has 0 aliphatic carbocycles. The van der Waals surface area contributed by atoms with Crippen LogP contribution in [0.3, 0.4) is 0 Å². The highest BCUT2D eigenvalue weighted by Gasteiger charge is 2.21. The third kappa shape index (κ3) is 5.21. The fourth-order valence-corrected chi connectivity index (χ4v) is 4.63. The normalized spacial score (nSPS) is 15.5. The molecule has 0 spiro atoms. The van der Waals surface area contributed by atoms with E-state index in [4.69, 9.17) is 0 Å². The molecule has 170 valence electrons. The summed E-state index contributed by atoms with van der Waals surface area (Å²) in [5, 5.41) is 5.82. The Morgan fingerprint density at radius 2 is 1.91 bits per heavy atom. The van der Waals surface area contributed by atoms with E-state index in [2.05, 4.69) is 76.5 Å². The minimum absolute atomic E-state index is 0.512. The van der Waals surface area contributed by atoms with Crippen molar-refractivity contribution in [3.05, 3.63) is 54.8 Å². The summed E-state index contributed by atoms with van der Waals surface area (Å²) in [5.74, 6) is 3.20. The van der Waals surface area contributed by atoms with Gasteiger partial charge in [-0.05, 0) is 75.7 Å². The summed E-state index contributed by atoms with van der Waals surface area (Å²) in [6, 6.07) is 8.63. The van der Waals surface area contributed by atoms with Crippen LogP contribution < -0.4 is 5.32 Å². The van der Waals surface area contributed by atoms with Crippen LogP contribution in [0.4, 0.5) is 5.82 Å². The van der Waals surface area contributed by atoms with E-state index in [-0.39, 0.29) is 0 Å². The Bertz CT molecular complexity index is 1070. The lowest BCUT2D eigenvalue weighted by Gasteiger charge is -2.33. The molecule has 5 nitrogen and oxygen atoms in total. The van der Waals surface area contributed by atoms with Gasteiger partial charge >= 0.3 is 0 Å². The molecule has 1 saturated heterocycles. The number of benzene rings is 1. The van der Waals surface area contributed by atoms with Crippen LogP contribution >= 0.6 is 0 Å². The molecule has 1 aliphatic rings. The van der Waals surface area contributed by atoms with Gasteiger partial charge < -0.3 is 14.8 Å². The first kappa shape index (κ1) is 22.5. The van der Waals surface area contributed by atoms with Crippen molar-refractivity contribution >= 4 is 16.6 Å². The molecular formula is C27H37N5. The molecule has 1 aromatic carbocycles. The van der Waals surface area contributed by atoms with Gasteiger partial charge in [0.2, 0.25) is 0 Å². The number of likely N-dealkylation sites (tertiary alicyclic amines) is 1. The topological polar surface area (TPSA) is 46.0 Å². The van der Waals surface area contributed by atoms with E-state index < -0.39 is 0 Å². The molecular weight excluding hydrogens is 394 g/mol. The molecule has 0 atom stereocenters. The maximum Gasteiger partial charge on any atom is 0.130 e. The summed E-state index contributed by atoms with van der Waals surface area (Å²) in [7, 11) is 2.06. The largest absolute Gasteiger partial charge is 0.344 e. The second kappa shape index (κ2) is 9.86. The number of pyridine rings is 1. The molecule has 0 bridgehead atoms. The Morgan fingerprint density at radius 3 is 2.59 bits per heavy atom. The number of nitrogens with zero attached hydrogens (tertiary/aromatic N) is 4. The zero-order chi connectivity index (χ0) is 22.7. The monoisotopic (exact) mass is 431 g/mol. The number of piperidine rings is 1. The smallest absolute Gasteiger partial charge is 0.130 e. The number of rotatable bonds is 8. The Balaban J connectivity index is 1.38. The molecule has 3 heterocycles. The Hall–Kier alpha value is -2.66. The minimum atomic E-state index is 0.512. The fourth-order valence-electron chi connectivity index (χ4n) is 4.63. The van der Waals surface area contributed by atoms with Gasteiger partial charge in [-0.15, -0.1) is 0 Å². The number of anilines is 1. The maximum atomic E-state index is 4.64. The molecule has 1 fully saturated rings. The summed E-state index contributed by atoms with van der Waals surface area (Å²) in [6.45, 7) is 14.6. The standard InChI is InChI=1S/C27H37N5/c1-19(2)7-6-12-32-13-10-22(11-14-32)20(3)30-27-16-25-15-23(8-9-24(25)17-29-27)26-18-28-21(4)31(26)5/h8-9,15-19,22H,3,6-7,10-14H2,1-2,4-5H3,(H,29,30). The van der Waals surface area contributed by atoms with E-state index in [1.165, 1.54) is 56.3 Å². The average Bonchev–Trinajstić information content (AvgIpc) is 3.11. The third-order valence-electron chi connectivity index (χ3n) is 6.86. The minimum Gasteiger partial charge on any atom is -0.344 e. The first-order valence-corrected chi connectivity index (χ1v) is 12.0. The van der Waals surface area contributed by atoms with Crippen molar-refractivity contribution in [3.63, 3.8) is 0 Å². The van der Waals surface area contributed by atoms with Gasteiger partial charge in [0.05, 0.1) is 11.9 Å². The predicted octanol–water partition coefficient (Wildman–Crippen LogP) is 6.02. The van der Waals surface area contributed by atoms with Crippen LogP contribution in [0.5, 0.6) is 0 Å². The second-order valence-electron chi connectivity index (χ2n) is 9.68. The number of fused-ring (bicyclic) bond motifs is 1. The summed E-state index contributed by atoms with van der Waals surface area (Å²) >= 11 is 0. The Labute approximate surface area is 192 Å². The first-order chi connectivity index (χ1) is 15.4. The molecule has 32 heavy (non-hydrogen) atoms. The lowest BCUT2D eigenvalue weighted by Crippen LogP contribution is -2.35. The van der Waals surface area contributed by atoms with Gasteiger partial charge in [0, 0.05) is 35.8 Å². The Kier molecular flexibility index (Phi) is 6.95. The number of aromatic nitrogens is 3.